The molecule has 5 aliphatic carbocycles. The molecule has 2 aliphatic heterocycles. The molecule has 60 heavy (non-hydrogen) atoms. The molecule has 0 saturated carbocycles. The fourth-order valence-corrected chi connectivity index (χ4v) is 12.3. The van der Waals surface area contributed by atoms with Crippen LogP contribution in [0.4, 0.5) is 0 Å². The van der Waals surface area contributed by atoms with Gasteiger partial charge in [-0.05, 0) is 99.7 Å². The number of benzene rings is 3. The van der Waals surface area contributed by atoms with E-state index in [0.29, 0.717) is 17.1 Å². The highest BCUT2D eigenvalue weighted by Gasteiger charge is 2.60. The summed E-state index contributed by atoms with van der Waals surface area (Å²) >= 11 is 5.85. The highest BCUT2D eigenvalue weighted by Crippen LogP contribution is 2.63. The van der Waals surface area contributed by atoms with Gasteiger partial charge in [-0.1, -0.05) is 54.6 Å². The molecule has 7 atom stereocenters. The Kier molecular flexibility index (Phi) is 11.4. The number of thioether (sulfide) groups is 1. The molecule has 2 unspecified atom stereocenters. The standard InChI is InChI=1S/C24H25NO4S.C18H19NO4.C6H6S/c1-25-11-10-24-13-18(27)19(29-2)12-16(24)21(25)23(30-14-6-4-3-5-7-14)15-8-9-17(26)22(28)20(15)24;1-19-6-5-18-9-14(21)15(23-2)8-11(18)12(19)7-10-3-4-13(20)17(22)16(10)18;7-6-4-2-1-3-5-6/h3-9,12,16,21,23,26,28H,10-11,13H2,1-2H3;3-4,7-8,11-12,22H,5-6,9H2,1-2H3;1-5,7H/t16?,21-,23-,24-;11?,12-,18+;/m10./s1. The van der Waals surface area contributed by atoms with Gasteiger partial charge in [0.15, 0.2) is 40.3 Å². The Morgan fingerprint density at radius 1 is 0.733 bits per heavy atom. The third kappa shape index (κ3) is 7.01. The van der Waals surface area contributed by atoms with Crippen LogP contribution < -0.4 is 0 Å². The lowest BCUT2D eigenvalue weighted by atomic mass is 9.53. The van der Waals surface area contributed by atoms with E-state index in [0.717, 1.165) is 52.4 Å². The number of Topliss-reactive ketones (excluding diaryl/α,β-unsaturated/α-hetero) is 2. The van der Waals surface area contributed by atoms with Crippen molar-refractivity contribution in [1.29, 1.82) is 0 Å². The third-order valence-electron chi connectivity index (χ3n) is 13.5. The van der Waals surface area contributed by atoms with Gasteiger partial charge in [0.2, 0.25) is 5.78 Å². The summed E-state index contributed by atoms with van der Waals surface area (Å²) in [5.41, 5.74) is 2.24. The maximum Gasteiger partial charge on any atom is 0.220 e. The Morgan fingerprint density at radius 3 is 1.97 bits per heavy atom. The number of nitrogens with zero attached hydrogens (tertiary/aromatic N) is 2. The van der Waals surface area contributed by atoms with Crippen molar-refractivity contribution in [1.82, 2.24) is 9.80 Å². The Morgan fingerprint density at radius 2 is 1.33 bits per heavy atom. The molecule has 3 aromatic rings. The third-order valence-corrected chi connectivity index (χ3v) is 15.2. The highest BCUT2D eigenvalue weighted by atomic mass is 32.2. The van der Waals surface area contributed by atoms with Gasteiger partial charge in [-0.25, -0.2) is 0 Å². The number of aliphatic hydroxyl groups excluding tert-OH is 1. The van der Waals surface area contributed by atoms with Gasteiger partial charge in [-0.2, -0.15) is 0 Å². The molecule has 0 aromatic heterocycles. The summed E-state index contributed by atoms with van der Waals surface area (Å²) in [4.78, 5) is 44.1. The van der Waals surface area contributed by atoms with Crippen molar-refractivity contribution >= 4 is 41.7 Å². The van der Waals surface area contributed by atoms with E-state index in [9.17, 15) is 29.7 Å². The number of phenols is 2. The molecule has 2 saturated heterocycles. The van der Waals surface area contributed by atoms with Crippen LogP contribution in [0.3, 0.4) is 0 Å². The molecule has 0 spiro atoms. The van der Waals surface area contributed by atoms with Crippen LogP contribution >= 0.6 is 24.4 Å². The zero-order chi connectivity index (χ0) is 42.5. The second-order valence-electron chi connectivity index (χ2n) is 16.6. The van der Waals surface area contributed by atoms with E-state index in [-0.39, 0.29) is 76.6 Å². The molecule has 10 rings (SSSR count). The number of hydrogen-bond acceptors (Lipinski definition) is 12. The summed E-state index contributed by atoms with van der Waals surface area (Å²) < 4.78 is 10.7. The van der Waals surface area contributed by atoms with Crippen molar-refractivity contribution in [2.75, 3.05) is 41.4 Å². The number of thiol groups is 1. The number of carbonyl (C=O) groups excluding carboxylic acids is 3. The van der Waals surface area contributed by atoms with Crippen LogP contribution in [-0.4, -0.2) is 96.0 Å². The van der Waals surface area contributed by atoms with Crippen LogP contribution in [0.2, 0.25) is 0 Å². The van der Waals surface area contributed by atoms with Gasteiger partial charge in [0, 0.05) is 68.5 Å². The molecule has 2 fully saturated rings. The van der Waals surface area contributed by atoms with Crippen LogP contribution in [0.25, 0.3) is 0 Å². The second-order valence-corrected chi connectivity index (χ2v) is 18.3. The average Bonchev–Trinajstić information content (AvgIpc) is 3.24. The lowest BCUT2D eigenvalue weighted by Gasteiger charge is -2.58. The van der Waals surface area contributed by atoms with Crippen molar-refractivity contribution in [2.45, 2.75) is 58.2 Å². The first kappa shape index (κ1) is 41.7. The van der Waals surface area contributed by atoms with Crippen LogP contribution in [-0.2, 0) is 29.3 Å². The number of fused-ring (bicyclic) bond motifs is 2. The zero-order valence-electron chi connectivity index (χ0n) is 34.1. The number of methoxy groups -OCH3 is 2. The van der Waals surface area contributed by atoms with E-state index in [1.165, 1.54) is 20.3 Å². The zero-order valence-corrected chi connectivity index (χ0v) is 35.8. The second kappa shape index (κ2) is 16.5. The van der Waals surface area contributed by atoms with Gasteiger partial charge >= 0.3 is 0 Å². The molecule has 7 aliphatic rings. The smallest absolute Gasteiger partial charge is 0.220 e. The fraction of sp³-hybridized carbons (Fsp3) is 0.354. The monoisotopic (exact) mass is 846 g/mol. The number of rotatable bonds is 4. The number of piperidine rings is 2. The number of likely N-dealkylation sites (N-methyl/N-ethyl adjacent to an activating group) is 2. The maximum absolute atomic E-state index is 12.9. The molecular weight excluding hydrogens is 797 g/mol. The van der Waals surface area contributed by atoms with Gasteiger partial charge < -0.3 is 29.7 Å². The lowest BCUT2D eigenvalue weighted by molar-refractivity contribution is -0.124. The van der Waals surface area contributed by atoms with E-state index in [2.05, 4.69) is 54.7 Å². The molecule has 12 heteroatoms. The number of hydrogen-bond donors (Lipinski definition) is 4. The quantitative estimate of drug-likeness (QED) is 0.152. The number of phenolic OH excluding ortho intramolecular Hbond substituents is 2. The van der Waals surface area contributed by atoms with Crippen LogP contribution in [0, 0.1) is 17.3 Å². The predicted octanol–water partition coefficient (Wildman–Crippen LogP) is 7.67. The summed E-state index contributed by atoms with van der Waals surface area (Å²) in [5.74, 6) is -0.0682. The minimum atomic E-state index is -0.526. The summed E-state index contributed by atoms with van der Waals surface area (Å²) in [5, 5.41) is 31.9. The summed E-state index contributed by atoms with van der Waals surface area (Å²) in [6.07, 6.45) is 11.2. The molecule has 3 aromatic carbocycles. The first-order valence-corrected chi connectivity index (χ1v) is 21.5. The van der Waals surface area contributed by atoms with Gasteiger partial charge in [0.05, 0.1) is 19.5 Å². The summed E-state index contributed by atoms with van der Waals surface area (Å²) in [6, 6.07) is 23.8. The minimum absolute atomic E-state index is 0.00492. The fourth-order valence-electron chi connectivity index (χ4n) is 10.7. The molecule has 2 heterocycles. The van der Waals surface area contributed by atoms with Crippen molar-refractivity contribution in [3.63, 3.8) is 0 Å². The first-order valence-electron chi connectivity index (χ1n) is 20.2. The molecule has 312 valence electrons. The van der Waals surface area contributed by atoms with E-state index in [1.54, 1.807) is 23.9 Å². The Labute approximate surface area is 360 Å². The Bertz CT molecular complexity index is 2370. The number of ketones is 3. The van der Waals surface area contributed by atoms with Crippen LogP contribution in [0.15, 0.2) is 141 Å². The largest absolute Gasteiger partial charge is 0.504 e. The number of aliphatic hydroxyl groups is 1. The van der Waals surface area contributed by atoms with E-state index in [4.69, 9.17) is 9.47 Å². The predicted molar refractivity (Wildman–Crippen MR) is 233 cm³/mol. The SMILES string of the molecule is COC1=CC2[C@@H]3C=C4C=CC(=O)C(O)=C4[C@]2(CCN3C)CC1=O.COC1=CC2[C@@H]3[C@H](Sc4ccccc4)c4ccc(O)c(O)c4[C@]2(CCN3C)CC1=O.Sc1ccccc1. The van der Waals surface area contributed by atoms with Crippen LogP contribution in [0.1, 0.15) is 42.1 Å². The maximum atomic E-state index is 12.9. The van der Waals surface area contributed by atoms with Crippen molar-refractivity contribution < 1.29 is 39.2 Å². The van der Waals surface area contributed by atoms with Gasteiger partial charge in [0.25, 0.3) is 0 Å². The van der Waals surface area contributed by atoms with E-state index >= 15 is 0 Å². The van der Waals surface area contributed by atoms with Crippen molar-refractivity contribution in [3.05, 3.63) is 143 Å². The lowest BCUT2D eigenvalue weighted by Crippen LogP contribution is -2.61. The first-order chi connectivity index (χ1) is 28.8. The van der Waals surface area contributed by atoms with Crippen molar-refractivity contribution in [2.24, 2.45) is 17.3 Å². The molecule has 4 bridgehead atoms. The summed E-state index contributed by atoms with van der Waals surface area (Å²) in [7, 11) is 7.25. The van der Waals surface area contributed by atoms with Crippen molar-refractivity contribution in [3.8, 4) is 11.5 Å². The number of carbonyl (C=O) groups is 3. The van der Waals surface area contributed by atoms with Crippen LogP contribution in [0.5, 0.6) is 11.5 Å². The molecule has 0 radical (unpaired) electrons. The molecule has 0 amide bonds. The summed E-state index contributed by atoms with van der Waals surface area (Å²) in [6.45, 7) is 1.65. The van der Waals surface area contributed by atoms with Gasteiger partial charge in [-0.3, -0.25) is 19.3 Å². The topological polar surface area (TPSA) is 137 Å². The van der Waals surface area contributed by atoms with Gasteiger partial charge in [-0.15, -0.1) is 24.4 Å². The minimum Gasteiger partial charge on any atom is -0.504 e. The number of aromatic hydroxyl groups is 2. The average molecular weight is 847 g/mol. The number of ether oxygens (including phenoxy) is 2. The van der Waals surface area contributed by atoms with E-state index < -0.39 is 10.8 Å². The molecule has 3 N–H and O–H groups in total. The van der Waals surface area contributed by atoms with Gasteiger partial charge in [0.1, 0.15) is 0 Å². The Balaban J connectivity index is 0.000000147. The number of allylic oxidation sites excluding steroid dienone is 6. The van der Waals surface area contributed by atoms with E-state index in [1.807, 2.05) is 66.7 Å². The molecule has 10 nitrogen and oxygen atoms in total. The molecular formula is C48H50N2O8S2. The Hall–Kier alpha value is -5.01. The number of likely N-dealkylation sites (tertiary alicyclic amines) is 2. The normalized spacial score (nSPS) is 30.1. The highest BCUT2D eigenvalue weighted by molar-refractivity contribution is 7.99.